The molecule has 1 aliphatic rings. The molecule has 1 unspecified atom stereocenters. The lowest BCUT2D eigenvalue weighted by molar-refractivity contribution is 0.0581. The number of aromatic nitrogens is 1. The van der Waals surface area contributed by atoms with Crippen molar-refractivity contribution in [1.29, 1.82) is 0 Å². The van der Waals surface area contributed by atoms with Crippen molar-refractivity contribution in [2.45, 2.75) is 26.5 Å². The standard InChI is InChI=1S/C27H30ClN3O3/c1-3-33-26-17-22(10-11-25(26)34-19-21-7-6-12-29-18-21)27(32)31-15-13-30(14-16-31)20(2)23-8-4-5-9-24(23)28/h4-12,17-18,20H,3,13-16,19H2,1-2H3. The second-order valence-corrected chi connectivity index (χ2v) is 8.68. The molecular formula is C27H30ClN3O3. The maximum Gasteiger partial charge on any atom is 0.254 e. The van der Waals surface area contributed by atoms with Gasteiger partial charge in [-0.15, -0.1) is 0 Å². The van der Waals surface area contributed by atoms with E-state index in [4.69, 9.17) is 21.1 Å². The fourth-order valence-electron chi connectivity index (χ4n) is 4.18. The zero-order valence-corrected chi connectivity index (χ0v) is 20.4. The predicted octanol–water partition coefficient (Wildman–Crippen LogP) is 5.23. The first-order chi connectivity index (χ1) is 16.6. The van der Waals surface area contributed by atoms with Crippen LogP contribution in [-0.2, 0) is 6.61 Å². The monoisotopic (exact) mass is 479 g/mol. The molecule has 4 rings (SSSR count). The summed E-state index contributed by atoms with van der Waals surface area (Å²) in [7, 11) is 0. The van der Waals surface area contributed by atoms with Crippen molar-refractivity contribution in [2.24, 2.45) is 0 Å². The Bertz CT molecular complexity index is 1100. The quantitative estimate of drug-likeness (QED) is 0.442. The van der Waals surface area contributed by atoms with Gasteiger partial charge in [-0.25, -0.2) is 0 Å². The van der Waals surface area contributed by atoms with E-state index in [-0.39, 0.29) is 11.9 Å². The summed E-state index contributed by atoms with van der Waals surface area (Å²) < 4.78 is 11.7. The van der Waals surface area contributed by atoms with Gasteiger partial charge in [-0.05, 0) is 49.7 Å². The SMILES string of the molecule is CCOc1cc(C(=O)N2CCN(C(C)c3ccccc3Cl)CC2)ccc1OCc1cccnc1. The number of nitrogens with zero attached hydrogens (tertiary/aromatic N) is 3. The summed E-state index contributed by atoms with van der Waals surface area (Å²) in [6, 6.07) is 17.4. The largest absolute Gasteiger partial charge is 0.490 e. The van der Waals surface area contributed by atoms with Gasteiger partial charge in [0.25, 0.3) is 5.91 Å². The Morgan fingerprint density at radius 2 is 1.82 bits per heavy atom. The number of halogens is 1. The topological polar surface area (TPSA) is 54.9 Å². The van der Waals surface area contributed by atoms with Gasteiger partial charge in [0.2, 0.25) is 0 Å². The summed E-state index contributed by atoms with van der Waals surface area (Å²) in [6.45, 7) is 7.86. The molecule has 3 aromatic rings. The molecule has 6 nitrogen and oxygen atoms in total. The van der Waals surface area contributed by atoms with Crippen LogP contribution in [0.1, 0.15) is 41.4 Å². The van der Waals surface area contributed by atoms with Crippen LogP contribution in [0.4, 0.5) is 0 Å². The molecule has 2 heterocycles. The zero-order chi connectivity index (χ0) is 23.9. The molecule has 1 amide bonds. The highest BCUT2D eigenvalue weighted by Gasteiger charge is 2.26. The molecule has 7 heteroatoms. The summed E-state index contributed by atoms with van der Waals surface area (Å²) in [4.78, 5) is 21.6. The summed E-state index contributed by atoms with van der Waals surface area (Å²) in [6.07, 6.45) is 3.50. The number of carbonyl (C=O) groups excluding carboxylic acids is 1. The fourth-order valence-corrected chi connectivity index (χ4v) is 4.47. The Hall–Kier alpha value is -3.09. The molecule has 0 N–H and O–H groups in total. The smallest absolute Gasteiger partial charge is 0.254 e. The molecular weight excluding hydrogens is 450 g/mol. The van der Waals surface area contributed by atoms with Crippen molar-refractivity contribution >= 4 is 17.5 Å². The second kappa shape index (κ2) is 11.4. The van der Waals surface area contributed by atoms with Crippen molar-refractivity contribution in [2.75, 3.05) is 32.8 Å². The highest BCUT2D eigenvalue weighted by Crippen LogP contribution is 2.31. The number of pyridine rings is 1. The first-order valence-corrected chi connectivity index (χ1v) is 12.0. The van der Waals surface area contributed by atoms with Crippen LogP contribution >= 0.6 is 11.6 Å². The van der Waals surface area contributed by atoms with E-state index in [1.54, 1.807) is 18.5 Å². The number of rotatable bonds is 8. The van der Waals surface area contributed by atoms with Gasteiger partial charge < -0.3 is 14.4 Å². The first kappa shape index (κ1) is 24.0. The van der Waals surface area contributed by atoms with Crippen molar-refractivity contribution in [3.63, 3.8) is 0 Å². The number of hydrogen-bond acceptors (Lipinski definition) is 5. The third-order valence-corrected chi connectivity index (χ3v) is 6.46. The number of benzene rings is 2. The van der Waals surface area contributed by atoms with Gasteiger partial charge in [-0.1, -0.05) is 35.9 Å². The van der Waals surface area contributed by atoms with E-state index in [0.717, 1.165) is 29.2 Å². The maximum atomic E-state index is 13.2. The number of carbonyl (C=O) groups is 1. The normalized spacial score (nSPS) is 15.1. The molecule has 1 atom stereocenters. The Kier molecular flexibility index (Phi) is 8.03. The molecule has 0 aliphatic carbocycles. The van der Waals surface area contributed by atoms with Gasteiger partial charge >= 0.3 is 0 Å². The molecule has 0 bridgehead atoms. The van der Waals surface area contributed by atoms with Crippen molar-refractivity contribution in [1.82, 2.24) is 14.8 Å². The number of amides is 1. The lowest BCUT2D eigenvalue weighted by Gasteiger charge is -2.38. The highest BCUT2D eigenvalue weighted by atomic mass is 35.5. The molecule has 1 aromatic heterocycles. The molecule has 0 saturated carbocycles. The molecule has 178 valence electrons. The minimum absolute atomic E-state index is 0.00445. The van der Waals surface area contributed by atoms with Crippen molar-refractivity contribution < 1.29 is 14.3 Å². The van der Waals surface area contributed by atoms with E-state index in [1.807, 2.05) is 54.3 Å². The molecule has 1 aliphatic heterocycles. The van der Waals surface area contributed by atoms with E-state index >= 15 is 0 Å². The third-order valence-electron chi connectivity index (χ3n) is 6.11. The van der Waals surface area contributed by atoms with Crippen LogP contribution < -0.4 is 9.47 Å². The minimum atomic E-state index is 0.00445. The fraction of sp³-hybridized carbons (Fsp3) is 0.333. The minimum Gasteiger partial charge on any atom is -0.490 e. The van der Waals surface area contributed by atoms with E-state index in [2.05, 4.69) is 22.9 Å². The van der Waals surface area contributed by atoms with E-state index in [9.17, 15) is 4.79 Å². The van der Waals surface area contributed by atoms with Crippen molar-refractivity contribution in [3.8, 4) is 11.5 Å². The van der Waals surface area contributed by atoms with Gasteiger partial charge in [-0.2, -0.15) is 0 Å². The molecule has 1 saturated heterocycles. The lowest BCUT2D eigenvalue weighted by atomic mass is 10.1. The van der Waals surface area contributed by atoms with E-state index in [1.165, 1.54) is 0 Å². The van der Waals surface area contributed by atoms with E-state index in [0.29, 0.717) is 43.4 Å². The number of ether oxygens (including phenoxy) is 2. The third kappa shape index (κ3) is 5.69. The van der Waals surface area contributed by atoms with E-state index < -0.39 is 0 Å². The van der Waals surface area contributed by atoms with Crippen LogP contribution in [0.2, 0.25) is 5.02 Å². The zero-order valence-electron chi connectivity index (χ0n) is 19.6. The first-order valence-electron chi connectivity index (χ1n) is 11.6. The van der Waals surface area contributed by atoms with Crippen LogP contribution in [0.25, 0.3) is 0 Å². The van der Waals surface area contributed by atoms with Gasteiger partial charge in [0, 0.05) is 60.8 Å². The summed E-state index contributed by atoms with van der Waals surface area (Å²) in [5, 5.41) is 0.780. The van der Waals surface area contributed by atoms with Crippen LogP contribution in [-0.4, -0.2) is 53.5 Å². The van der Waals surface area contributed by atoms with Gasteiger partial charge in [0.15, 0.2) is 11.5 Å². The molecule has 0 spiro atoms. The molecule has 1 fully saturated rings. The number of piperazine rings is 1. The Labute approximate surface area is 206 Å². The predicted molar refractivity (Wildman–Crippen MR) is 134 cm³/mol. The van der Waals surface area contributed by atoms with Crippen LogP contribution in [0, 0.1) is 0 Å². The van der Waals surface area contributed by atoms with Crippen LogP contribution in [0.3, 0.4) is 0 Å². The lowest BCUT2D eigenvalue weighted by Crippen LogP contribution is -2.49. The van der Waals surface area contributed by atoms with Crippen LogP contribution in [0.5, 0.6) is 11.5 Å². The van der Waals surface area contributed by atoms with Gasteiger partial charge in [0.05, 0.1) is 6.61 Å². The molecule has 2 aromatic carbocycles. The maximum absolute atomic E-state index is 13.2. The summed E-state index contributed by atoms with van der Waals surface area (Å²) in [5.41, 5.74) is 2.69. The van der Waals surface area contributed by atoms with Crippen LogP contribution in [0.15, 0.2) is 67.0 Å². The molecule has 34 heavy (non-hydrogen) atoms. The Morgan fingerprint density at radius 3 is 2.53 bits per heavy atom. The summed E-state index contributed by atoms with van der Waals surface area (Å²) >= 11 is 6.39. The average molecular weight is 480 g/mol. The van der Waals surface area contributed by atoms with Crippen molar-refractivity contribution in [3.05, 3.63) is 88.7 Å². The number of hydrogen-bond donors (Lipinski definition) is 0. The molecule has 0 radical (unpaired) electrons. The van der Waals surface area contributed by atoms with Gasteiger partial charge in [-0.3, -0.25) is 14.7 Å². The average Bonchev–Trinajstić information content (AvgIpc) is 2.88. The van der Waals surface area contributed by atoms with Gasteiger partial charge in [0.1, 0.15) is 6.61 Å². The Balaban J connectivity index is 1.39. The summed E-state index contributed by atoms with van der Waals surface area (Å²) in [5.74, 6) is 1.19. The second-order valence-electron chi connectivity index (χ2n) is 8.27. The Morgan fingerprint density at radius 1 is 1.03 bits per heavy atom. The highest BCUT2D eigenvalue weighted by molar-refractivity contribution is 6.31.